The third-order valence-electron chi connectivity index (χ3n) is 5.89. The maximum absolute atomic E-state index is 5.62. The lowest BCUT2D eigenvalue weighted by Gasteiger charge is -2.45. The zero-order chi connectivity index (χ0) is 13.1. The molecule has 0 bridgehead atoms. The summed E-state index contributed by atoms with van der Waals surface area (Å²) in [6, 6.07) is 0.575. The highest BCUT2D eigenvalue weighted by molar-refractivity contribution is 4.90. The molecule has 3 rings (SSSR count). The van der Waals surface area contributed by atoms with Crippen LogP contribution >= 0.6 is 0 Å². The first kappa shape index (κ1) is 13.8. The number of piperidine rings is 1. The normalized spacial score (nSPS) is 35.8. The summed E-state index contributed by atoms with van der Waals surface area (Å²) >= 11 is 0. The Kier molecular flexibility index (Phi) is 4.45. The van der Waals surface area contributed by atoms with Crippen molar-refractivity contribution >= 4 is 0 Å². The number of nitrogens with one attached hydrogen (secondary N) is 1. The van der Waals surface area contributed by atoms with Crippen molar-refractivity contribution in [2.45, 2.75) is 51.0 Å². The van der Waals surface area contributed by atoms with E-state index in [1.54, 1.807) is 0 Å². The Labute approximate surface area is 118 Å². The van der Waals surface area contributed by atoms with E-state index in [1.807, 2.05) is 0 Å². The number of likely N-dealkylation sites (N-methyl/N-ethyl adjacent to an activating group) is 1. The molecule has 1 spiro atoms. The third kappa shape index (κ3) is 3.14. The van der Waals surface area contributed by atoms with Crippen LogP contribution in [0.25, 0.3) is 0 Å². The van der Waals surface area contributed by atoms with Gasteiger partial charge in [-0.15, -0.1) is 0 Å². The summed E-state index contributed by atoms with van der Waals surface area (Å²) in [5.74, 6) is 0.699. The fourth-order valence-corrected chi connectivity index (χ4v) is 4.44. The van der Waals surface area contributed by atoms with Gasteiger partial charge in [-0.25, -0.2) is 0 Å². The van der Waals surface area contributed by atoms with Crippen LogP contribution in [0.4, 0.5) is 0 Å². The first-order valence-corrected chi connectivity index (χ1v) is 8.29. The van der Waals surface area contributed by atoms with Crippen LogP contribution in [0.1, 0.15) is 44.9 Å². The molecule has 1 N–H and O–H groups in total. The molecule has 19 heavy (non-hydrogen) atoms. The average Bonchev–Trinajstić information content (AvgIpc) is 2.90. The molecule has 0 radical (unpaired) electrons. The Morgan fingerprint density at radius 1 is 1.05 bits per heavy atom. The Balaban J connectivity index is 1.47. The molecule has 2 saturated heterocycles. The zero-order valence-corrected chi connectivity index (χ0v) is 12.5. The van der Waals surface area contributed by atoms with Gasteiger partial charge in [-0.05, 0) is 51.2 Å². The number of rotatable bonds is 3. The van der Waals surface area contributed by atoms with Gasteiger partial charge in [-0.3, -0.25) is 0 Å². The van der Waals surface area contributed by atoms with Gasteiger partial charge in [-0.1, -0.05) is 19.3 Å². The van der Waals surface area contributed by atoms with Crippen molar-refractivity contribution in [2.75, 3.05) is 39.9 Å². The van der Waals surface area contributed by atoms with Crippen LogP contribution in [-0.4, -0.2) is 50.8 Å². The second-order valence-electron chi connectivity index (χ2n) is 7.05. The summed E-state index contributed by atoms with van der Waals surface area (Å²) in [6.45, 7) is 5.74. The monoisotopic (exact) mass is 266 g/mol. The number of ether oxygens (including phenoxy) is 1. The second-order valence-corrected chi connectivity index (χ2v) is 7.05. The molecule has 2 unspecified atom stereocenters. The van der Waals surface area contributed by atoms with Crippen LogP contribution in [0.5, 0.6) is 0 Å². The molecule has 0 aromatic carbocycles. The van der Waals surface area contributed by atoms with E-state index >= 15 is 0 Å². The largest absolute Gasteiger partial charge is 0.379 e. The highest BCUT2D eigenvalue weighted by Crippen LogP contribution is 2.44. The van der Waals surface area contributed by atoms with Gasteiger partial charge in [0.25, 0.3) is 0 Å². The molecule has 0 amide bonds. The molecule has 2 atom stereocenters. The molecule has 1 saturated carbocycles. The minimum absolute atomic E-state index is 0.575. The lowest BCUT2D eigenvalue weighted by Crippen LogP contribution is -2.46. The van der Waals surface area contributed by atoms with Gasteiger partial charge >= 0.3 is 0 Å². The Bertz CT molecular complexity index is 278. The van der Waals surface area contributed by atoms with Crippen molar-refractivity contribution < 1.29 is 4.74 Å². The van der Waals surface area contributed by atoms with Gasteiger partial charge in [0.05, 0.1) is 13.2 Å². The average molecular weight is 266 g/mol. The molecule has 3 fully saturated rings. The highest BCUT2D eigenvalue weighted by atomic mass is 16.5. The van der Waals surface area contributed by atoms with Crippen molar-refractivity contribution in [3.05, 3.63) is 0 Å². The molecule has 110 valence electrons. The SMILES string of the molecule is CNC1COCC1CN1CCC2(CCCCC2)CC1. The van der Waals surface area contributed by atoms with E-state index < -0.39 is 0 Å². The zero-order valence-electron chi connectivity index (χ0n) is 12.5. The highest BCUT2D eigenvalue weighted by Gasteiger charge is 2.37. The Morgan fingerprint density at radius 2 is 1.79 bits per heavy atom. The topological polar surface area (TPSA) is 24.5 Å². The van der Waals surface area contributed by atoms with Crippen molar-refractivity contribution in [1.29, 1.82) is 0 Å². The van der Waals surface area contributed by atoms with E-state index in [2.05, 4.69) is 17.3 Å². The van der Waals surface area contributed by atoms with Crippen molar-refractivity contribution in [3.63, 3.8) is 0 Å². The quantitative estimate of drug-likeness (QED) is 0.848. The summed E-state index contributed by atoms with van der Waals surface area (Å²) < 4.78 is 5.62. The summed E-state index contributed by atoms with van der Waals surface area (Å²) in [4.78, 5) is 2.70. The molecule has 0 aromatic heterocycles. The van der Waals surface area contributed by atoms with E-state index in [9.17, 15) is 0 Å². The van der Waals surface area contributed by atoms with Crippen LogP contribution in [-0.2, 0) is 4.74 Å². The third-order valence-corrected chi connectivity index (χ3v) is 5.89. The lowest BCUT2D eigenvalue weighted by molar-refractivity contribution is 0.0568. The van der Waals surface area contributed by atoms with Crippen molar-refractivity contribution in [3.8, 4) is 0 Å². The van der Waals surface area contributed by atoms with Crippen LogP contribution < -0.4 is 5.32 Å². The molecule has 3 nitrogen and oxygen atoms in total. The smallest absolute Gasteiger partial charge is 0.0623 e. The van der Waals surface area contributed by atoms with E-state index in [0.29, 0.717) is 12.0 Å². The first-order valence-electron chi connectivity index (χ1n) is 8.29. The van der Waals surface area contributed by atoms with Gasteiger partial charge in [-0.2, -0.15) is 0 Å². The maximum atomic E-state index is 5.62. The van der Waals surface area contributed by atoms with Gasteiger partial charge < -0.3 is 15.0 Å². The molecular formula is C16H30N2O. The van der Waals surface area contributed by atoms with Crippen LogP contribution in [0.3, 0.4) is 0 Å². The lowest BCUT2D eigenvalue weighted by atomic mass is 9.68. The molecule has 3 heteroatoms. The maximum Gasteiger partial charge on any atom is 0.0623 e. The van der Waals surface area contributed by atoms with Crippen molar-refractivity contribution in [2.24, 2.45) is 11.3 Å². The predicted molar refractivity (Wildman–Crippen MR) is 78.3 cm³/mol. The molecule has 1 aliphatic carbocycles. The molecule has 3 aliphatic rings. The second kappa shape index (κ2) is 6.11. The fraction of sp³-hybridized carbons (Fsp3) is 1.00. The van der Waals surface area contributed by atoms with Crippen LogP contribution in [0, 0.1) is 11.3 Å². The fourth-order valence-electron chi connectivity index (χ4n) is 4.44. The summed E-state index contributed by atoms with van der Waals surface area (Å²) in [6.07, 6.45) is 10.4. The Morgan fingerprint density at radius 3 is 2.47 bits per heavy atom. The van der Waals surface area contributed by atoms with Gasteiger partial charge in [0.2, 0.25) is 0 Å². The molecule has 0 aromatic rings. The molecule has 2 aliphatic heterocycles. The summed E-state index contributed by atoms with van der Waals surface area (Å²) in [5, 5.41) is 3.41. The van der Waals surface area contributed by atoms with Gasteiger partial charge in [0, 0.05) is 18.5 Å². The van der Waals surface area contributed by atoms with Gasteiger partial charge in [0.15, 0.2) is 0 Å². The minimum Gasteiger partial charge on any atom is -0.379 e. The van der Waals surface area contributed by atoms with E-state index in [1.165, 1.54) is 64.6 Å². The van der Waals surface area contributed by atoms with Crippen LogP contribution in [0.15, 0.2) is 0 Å². The summed E-state index contributed by atoms with van der Waals surface area (Å²) in [7, 11) is 2.07. The first-order chi connectivity index (χ1) is 9.31. The number of nitrogens with zero attached hydrogens (tertiary/aromatic N) is 1. The standard InChI is InChI=1S/C16H30N2O/c1-17-15-13-19-12-14(15)11-18-9-7-16(8-10-18)5-3-2-4-6-16/h14-15,17H,2-13H2,1H3. The number of hydrogen-bond acceptors (Lipinski definition) is 3. The minimum atomic E-state index is 0.575. The Hall–Kier alpha value is -0.120. The molecule has 2 heterocycles. The predicted octanol–water partition coefficient (Wildman–Crippen LogP) is 2.27. The molecular weight excluding hydrogens is 236 g/mol. The number of hydrogen-bond donors (Lipinski definition) is 1. The number of likely N-dealkylation sites (tertiary alicyclic amines) is 1. The van der Waals surface area contributed by atoms with E-state index in [4.69, 9.17) is 4.74 Å². The summed E-state index contributed by atoms with van der Waals surface area (Å²) in [5.41, 5.74) is 0.739. The van der Waals surface area contributed by atoms with Gasteiger partial charge in [0.1, 0.15) is 0 Å². The van der Waals surface area contributed by atoms with Crippen molar-refractivity contribution in [1.82, 2.24) is 10.2 Å². The van der Waals surface area contributed by atoms with E-state index in [-0.39, 0.29) is 0 Å². The van der Waals surface area contributed by atoms with E-state index in [0.717, 1.165) is 18.6 Å². The van der Waals surface area contributed by atoms with Crippen LogP contribution in [0.2, 0.25) is 0 Å².